The monoisotopic (exact) mass is 467 g/mol. The lowest BCUT2D eigenvalue weighted by Gasteiger charge is -2.25. The zero-order valence-electron chi connectivity index (χ0n) is 20.0. The molecular weight excluding hydrogens is 433 g/mol. The second-order valence-corrected chi connectivity index (χ2v) is 8.11. The molecule has 0 unspecified atom stereocenters. The quantitative estimate of drug-likeness (QED) is 0.333. The molecule has 3 rings (SSSR count). The number of ether oxygens (including phenoxy) is 2. The Hall–Kier alpha value is -3.00. The number of hydrogen-bond donors (Lipinski definition) is 1. The molecule has 3 aromatic rings. The van der Waals surface area contributed by atoms with E-state index in [1.54, 1.807) is 30.0 Å². The number of aryl methyl sites for hydroxylation is 1. The third-order valence-corrected chi connectivity index (χ3v) is 5.56. The average Bonchev–Trinajstić information content (AvgIpc) is 3.20. The highest BCUT2D eigenvalue weighted by Crippen LogP contribution is 2.33. The van der Waals surface area contributed by atoms with Crippen LogP contribution in [0.3, 0.4) is 0 Å². The van der Waals surface area contributed by atoms with Crippen molar-refractivity contribution in [3.63, 3.8) is 0 Å². The minimum Gasteiger partial charge on any atom is -0.435 e. The fraction of sp³-hybridized carbons (Fsp3) is 0.370. The molecule has 6 nitrogen and oxygen atoms in total. The molecule has 1 aromatic heterocycles. The first kappa shape index (κ1) is 25.6. The van der Waals surface area contributed by atoms with Crippen LogP contribution in [0.25, 0.3) is 5.69 Å². The SMILES string of the molecule is C=CCC[C@@H](O)CN(CCOC)Cc1c(CC)nn(-c2ccccc2)c1Oc1ccccc1F. The molecule has 7 heteroatoms. The van der Waals surface area contributed by atoms with Gasteiger partial charge in [0.2, 0.25) is 5.88 Å². The van der Waals surface area contributed by atoms with Crippen LogP contribution in [-0.4, -0.2) is 52.7 Å². The topological polar surface area (TPSA) is 59.8 Å². The first-order valence-electron chi connectivity index (χ1n) is 11.7. The molecule has 0 bridgehead atoms. The second-order valence-electron chi connectivity index (χ2n) is 8.11. The molecule has 0 amide bonds. The lowest BCUT2D eigenvalue weighted by molar-refractivity contribution is 0.0804. The normalized spacial score (nSPS) is 12.1. The zero-order valence-corrected chi connectivity index (χ0v) is 20.0. The van der Waals surface area contributed by atoms with Gasteiger partial charge >= 0.3 is 0 Å². The molecule has 0 aliphatic heterocycles. The van der Waals surface area contributed by atoms with E-state index in [4.69, 9.17) is 14.6 Å². The molecule has 0 saturated heterocycles. The number of methoxy groups -OCH3 is 1. The Kier molecular flexibility index (Phi) is 9.82. The number of benzene rings is 2. The first-order valence-corrected chi connectivity index (χ1v) is 11.7. The molecule has 182 valence electrons. The maximum Gasteiger partial charge on any atom is 0.227 e. The smallest absolute Gasteiger partial charge is 0.227 e. The van der Waals surface area contributed by atoms with Gasteiger partial charge in [0.15, 0.2) is 11.6 Å². The average molecular weight is 468 g/mol. The van der Waals surface area contributed by atoms with Crippen molar-refractivity contribution in [2.24, 2.45) is 0 Å². The van der Waals surface area contributed by atoms with Crippen molar-refractivity contribution in [3.05, 3.63) is 84.3 Å². The number of hydrogen-bond acceptors (Lipinski definition) is 5. The van der Waals surface area contributed by atoms with Gasteiger partial charge in [-0.15, -0.1) is 6.58 Å². The summed E-state index contributed by atoms with van der Waals surface area (Å²) in [6.07, 6.45) is 3.37. The van der Waals surface area contributed by atoms with Gasteiger partial charge in [0.05, 0.1) is 29.7 Å². The lowest BCUT2D eigenvalue weighted by Crippen LogP contribution is -2.34. The highest BCUT2D eigenvalue weighted by molar-refractivity contribution is 5.44. The highest BCUT2D eigenvalue weighted by atomic mass is 19.1. The van der Waals surface area contributed by atoms with Crippen LogP contribution in [0.15, 0.2) is 67.3 Å². The molecule has 0 fully saturated rings. The van der Waals surface area contributed by atoms with E-state index in [2.05, 4.69) is 11.5 Å². The van der Waals surface area contributed by atoms with Gasteiger partial charge in [-0.1, -0.05) is 43.3 Å². The molecule has 1 heterocycles. The molecule has 0 spiro atoms. The molecular formula is C27H34FN3O3. The Morgan fingerprint density at radius 3 is 2.59 bits per heavy atom. The van der Waals surface area contributed by atoms with Crippen LogP contribution in [0.2, 0.25) is 0 Å². The summed E-state index contributed by atoms with van der Waals surface area (Å²) >= 11 is 0. The molecule has 0 aliphatic rings. The number of allylic oxidation sites excluding steroid dienone is 1. The molecule has 34 heavy (non-hydrogen) atoms. The van der Waals surface area contributed by atoms with Crippen molar-refractivity contribution < 1.29 is 19.0 Å². The van der Waals surface area contributed by atoms with Crippen LogP contribution in [-0.2, 0) is 17.7 Å². The van der Waals surface area contributed by atoms with Gasteiger partial charge in [-0.05, 0) is 43.5 Å². The summed E-state index contributed by atoms with van der Waals surface area (Å²) in [6, 6.07) is 16.0. The largest absolute Gasteiger partial charge is 0.435 e. The number of aliphatic hydroxyl groups excluding tert-OH is 1. The van der Waals surface area contributed by atoms with E-state index in [0.29, 0.717) is 45.0 Å². The van der Waals surface area contributed by atoms with Crippen LogP contribution in [0, 0.1) is 5.82 Å². The van der Waals surface area contributed by atoms with Crippen molar-refractivity contribution in [1.29, 1.82) is 0 Å². The number of aliphatic hydroxyl groups is 1. The zero-order chi connectivity index (χ0) is 24.3. The van der Waals surface area contributed by atoms with Gasteiger partial charge in [0.25, 0.3) is 0 Å². The molecule has 0 radical (unpaired) electrons. The van der Waals surface area contributed by atoms with E-state index >= 15 is 0 Å². The third kappa shape index (κ3) is 6.76. The Balaban J connectivity index is 2.01. The summed E-state index contributed by atoms with van der Waals surface area (Å²) in [6.45, 7) is 7.87. The van der Waals surface area contributed by atoms with Gasteiger partial charge in [-0.3, -0.25) is 4.90 Å². The van der Waals surface area contributed by atoms with E-state index in [-0.39, 0.29) is 5.75 Å². The fourth-order valence-electron chi connectivity index (χ4n) is 3.78. The van der Waals surface area contributed by atoms with Crippen LogP contribution in [0.4, 0.5) is 4.39 Å². The van der Waals surface area contributed by atoms with Crippen LogP contribution >= 0.6 is 0 Å². The Morgan fingerprint density at radius 2 is 1.91 bits per heavy atom. The van der Waals surface area contributed by atoms with E-state index in [1.165, 1.54) is 6.07 Å². The number of halogens is 1. The summed E-state index contributed by atoms with van der Waals surface area (Å²) in [5.41, 5.74) is 2.55. The molecule has 1 atom stereocenters. The second kappa shape index (κ2) is 13.0. The van der Waals surface area contributed by atoms with Crippen molar-refractivity contribution >= 4 is 0 Å². The molecule has 2 aromatic carbocycles. The third-order valence-electron chi connectivity index (χ3n) is 5.56. The maximum absolute atomic E-state index is 14.5. The van der Waals surface area contributed by atoms with Gasteiger partial charge < -0.3 is 14.6 Å². The van der Waals surface area contributed by atoms with E-state index < -0.39 is 11.9 Å². The predicted octanol–water partition coefficient (Wildman–Crippen LogP) is 5.14. The molecule has 1 N–H and O–H groups in total. The minimum absolute atomic E-state index is 0.137. The number of nitrogens with zero attached hydrogens (tertiary/aromatic N) is 3. The summed E-state index contributed by atoms with van der Waals surface area (Å²) in [4.78, 5) is 2.12. The lowest BCUT2D eigenvalue weighted by atomic mass is 10.1. The van der Waals surface area contributed by atoms with Gasteiger partial charge in [-0.2, -0.15) is 5.10 Å². The summed E-state index contributed by atoms with van der Waals surface area (Å²) in [7, 11) is 1.66. The minimum atomic E-state index is -0.500. The van der Waals surface area contributed by atoms with E-state index in [0.717, 1.165) is 23.4 Å². The van der Waals surface area contributed by atoms with Crippen LogP contribution < -0.4 is 4.74 Å². The molecule has 0 saturated carbocycles. The van der Waals surface area contributed by atoms with Gasteiger partial charge in [0.1, 0.15) is 0 Å². The van der Waals surface area contributed by atoms with Gasteiger partial charge in [-0.25, -0.2) is 9.07 Å². The summed E-state index contributed by atoms with van der Waals surface area (Å²) in [5, 5.41) is 15.4. The number of para-hydroxylation sites is 2. The number of rotatable bonds is 14. The predicted molar refractivity (Wildman–Crippen MR) is 132 cm³/mol. The van der Waals surface area contributed by atoms with E-state index in [9.17, 15) is 9.50 Å². The van der Waals surface area contributed by atoms with Crippen molar-refractivity contribution in [2.75, 3.05) is 26.8 Å². The Morgan fingerprint density at radius 1 is 1.18 bits per heavy atom. The van der Waals surface area contributed by atoms with Crippen molar-refractivity contribution in [2.45, 2.75) is 38.8 Å². The number of aromatic nitrogens is 2. The molecule has 0 aliphatic carbocycles. The summed E-state index contributed by atoms with van der Waals surface area (Å²) < 4.78 is 27.7. The van der Waals surface area contributed by atoms with Crippen molar-refractivity contribution in [3.8, 4) is 17.3 Å². The van der Waals surface area contributed by atoms with E-state index in [1.807, 2.05) is 43.3 Å². The maximum atomic E-state index is 14.5. The van der Waals surface area contributed by atoms with Crippen LogP contribution in [0.1, 0.15) is 31.0 Å². The summed E-state index contributed by atoms with van der Waals surface area (Å²) in [5.74, 6) is 0.164. The van der Waals surface area contributed by atoms with Crippen LogP contribution in [0.5, 0.6) is 11.6 Å². The van der Waals surface area contributed by atoms with Crippen molar-refractivity contribution in [1.82, 2.24) is 14.7 Å². The Bertz CT molecular complexity index is 1040. The first-order chi connectivity index (χ1) is 16.6. The van der Waals surface area contributed by atoms with Gasteiger partial charge in [0, 0.05) is 26.7 Å². The highest BCUT2D eigenvalue weighted by Gasteiger charge is 2.24. The standard InChI is InChI=1S/C27H34FN3O3/c1-4-6-14-22(32)19-30(17-18-33-3)20-23-25(5-2)29-31(21-12-8-7-9-13-21)27(23)34-26-16-11-10-15-24(26)28/h4,7-13,15-16,22,32H,1,5-6,14,17-20H2,2-3H3/t22-/m1/s1. The fourth-order valence-corrected chi connectivity index (χ4v) is 3.78. The Labute approximate surface area is 201 Å².